The van der Waals surface area contributed by atoms with Crippen molar-refractivity contribution in [2.45, 2.75) is 25.6 Å². The van der Waals surface area contributed by atoms with Crippen LogP contribution in [0.5, 0.6) is 0 Å². The largest absolute Gasteiger partial charge is 0.304 e. The van der Waals surface area contributed by atoms with Gasteiger partial charge < -0.3 is 5.32 Å². The molecule has 1 heterocycles. The lowest BCUT2D eigenvalue weighted by Gasteiger charge is -2.31. The number of rotatable bonds is 1. The molecule has 1 N–H and O–H groups in total. The first-order valence-electron chi connectivity index (χ1n) is 5.95. The molecule has 0 aliphatic carbocycles. The summed E-state index contributed by atoms with van der Waals surface area (Å²) in [6, 6.07) is 7.69. The van der Waals surface area contributed by atoms with Crippen LogP contribution in [0.4, 0.5) is 0 Å². The van der Waals surface area contributed by atoms with Gasteiger partial charge in [0.05, 0.1) is 0 Å². The van der Waals surface area contributed by atoms with Crippen LogP contribution in [0.3, 0.4) is 0 Å². The monoisotopic (exact) mass is 355 g/mol. The van der Waals surface area contributed by atoms with Crippen LogP contribution < -0.4 is 5.32 Å². The Hall–Kier alpha value is -1.34. The van der Waals surface area contributed by atoms with Gasteiger partial charge in [0.1, 0.15) is 4.87 Å². The third kappa shape index (κ3) is 2.88. The van der Waals surface area contributed by atoms with Gasteiger partial charge in [-0.25, -0.2) is 5.01 Å². The number of hydrogen-bond acceptors (Lipinski definition) is 4. The molecule has 2 rings (SSSR count). The summed E-state index contributed by atoms with van der Waals surface area (Å²) in [5.41, 5.74) is 0.927. The Morgan fingerprint density at radius 3 is 2.65 bits per heavy atom. The van der Waals surface area contributed by atoms with Gasteiger partial charge in [-0.2, -0.15) is 0 Å². The van der Waals surface area contributed by atoms with Crippen LogP contribution >= 0.6 is 27.7 Å². The van der Waals surface area contributed by atoms with E-state index in [0.717, 1.165) is 10.0 Å². The van der Waals surface area contributed by atoms with Gasteiger partial charge in [-0.15, -0.1) is 5.10 Å². The van der Waals surface area contributed by atoms with Crippen LogP contribution in [-0.4, -0.2) is 22.0 Å². The van der Waals surface area contributed by atoms with Crippen molar-refractivity contribution in [2.24, 2.45) is 5.10 Å². The van der Waals surface area contributed by atoms with Crippen LogP contribution in [0.2, 0.25) is 0 Å². The highest BCUT2D eigenvalue weighted by Crippen LogP contribution is 2.45. The molecule has 20 heavy (non-hydrogen) atoms. The fraction of sp³-hybridized carbons (Fsp3) is 0.308. The summed E-state index contributed by atoms with van der Waals surface area (Å²) in [6.45, 7) is 4.77. The second kappa shape index (κ2) is 5.57. The van der Waals surface area contributed by atoms with Crippen molar-refractivity contribution in [2.75, 3.05) is 0 Å². The summed E-state index contributed by atoms with van der Waals surface area (Å²) < 4.78 is 0.924. The summed E-state index contributed by atoms with van der Waals surface area (Å²) in [5.74, 6) is -0.390. The van der Waals surface area contributed by atoms with E-state index in [4.69, 9.17) is 0 Å². The molecule has 1 aromatic rings. The zero-order chi connectivity index (χ0) is 14.9. The summed E-state index contributed by atoms with van der Waals surface area (Å²) in [4.78, 5) is 22.3. The Bertz CT molecular complexity index is 605. The molecular formula is C13H14BrN3O2S. The van der Waals surface area contributed by atoms with E-state index < -0.39 is 4.87 Å². The maximum absolute atomic E-state index is 11.8. The highest BCUT2D eigenvalue weighted by molar-refractivity contribution is 9.10. The van der Waals surface area contributed by atoms with Crippen LogP contribution in [0.25, 0.3) is 0 Å². The minimum absolute atomic E-state index is 0.180. The average molecular weight is 356 g/mol. The van der Waals surface area contributed by atoms with E-state index in [-0.39, 0.29) is 11.8 Å². The number of thioether (sulfide) groups is 1. The maximum Gasteiger partial charge on any atom is 0.241 e. The number of nitrogens with one attached hydrogen (secondary N) is 1. The van der Waals surface area contributed by atoms with E-state index in [0.29, 0.717) is 5.17 Å². The number of nitrogens with zero attached hydrogens (tertiary/aromatic N) is 2. The quantitative estimate of drug-likeness (QED) is 0.842. The fourth-order valence-corrected chi connectivity index (χ4v) is 3.56. The molecule has 7 heteroatoms. The number of amidine groups is 1. The van der Waals surface area contributed by atoms with Crippen LogP contribution in [0, 0.1) is 0 Å². The van der Waals surface area contributed by atoms with E-state index in [1.165, 1.54) is 30.6 Å². The number of carbonyl (C=O) groups excluding carboxylic acids is 2. The van der Waals surface area contributed by atoms with Crippen LogP contribution in [-0.2, 0) is 14.5 Å². The number of amides is 2. The van der Waals surface area contributed by atoms with Gasteiger partial charge in [0, 0.05) is 18.3 Å². The molecule has 0 aromatic heterocycles. The van der Waals surface area contributed by atoms with Crippen LogP contribution in [0.1, 0.15) is 26.3 Å². The molecule has 0 saturated carbocycles. The molecule has 1 aliphatic rings. The van der Waals surface area contributed by atoms with Gasteiger partial charge in [-0.3, -0.25) is 9.59 Å². The molecule has 2 amide bonds. The third-order valence-corrected chi connectivity index (χ3v) is 4.51. The molecule has 0 spiro atoms. The minimum Gasteiger partial charge on any atom is -0.304 e. The summed E-state index contributed by atoms with van der Waals surface area (Å²) in [6.07, 6.45) is 0. The second-order valence-corrected chi connectivity index (χ2v) is 6.81. The predicted octanol–water partition coefficient (Wildman–Crippen LogP) is 2.62. The number of hydrazone groups is 1. The smallest absolute Gasteiger partial charge is 0.241 e. The van der Waals surface area contributed by atoms with Crippen molar-refractivity contribution < 1.29 is 9.59 Å². The van der Waals surface area contributed by atoms with Crippen molar-refractivity contribution in [3.05, 3.63) is 34.3 Å². The Kier molecular flexibility index (Phi) is 4.19. The number of carbonyl (C=O) groups is 2. The van der Waals surface area contributed by atoms with E-state index in [2.05, 4.69) is 26.3 Å². The second-order valence-electron chi connectivity index (χ2n) is 4.51. The van der Waals surface area contributed by atoms with E-state index in [1.54, 1.807) is 0 Å². The highest BCUT2D eigenvalue weighted by atomic mass is 79.9. The first kappa shape index (κ1) is 15.1. The first-order valence-corrected chi connectivity index (χ1v) is 7.56. The summed E-state index contributed by atoms with van der Waals surface area (Å²) >= 11 is 4.77. The summed E-state index contributed by atoms with van der Waals surface area (Å²) in [5, 5.41) is 8.66. The lowest BCUT2D eigenvalue weighted by Crippen LogP contribution is -2.37. The number of hydrogen-bond donors (Lipinski definition) is 1. The molecule has 0 radical (unpaired) electrons. The standard InChI is InChI=1S/C13H14BrN3O2S/c1-8(18)15-12-16-17(9(2)19)13(3,20-12)10-5-4-6-11(14)7-10/h4-7H,1-3H3,(H,15,16,18). The molecule has 0 bridgehead atoms. The van der Waals surface area contributed by atoms with E-state index >= 15 is 0 Å². The van der Waals surface area contributed by atoms with E-state index in [1.807, 2.05) is 31.2 Å². The van der Waals surface area contributed by atoms with Crippen molar-refractivity contribution in [1.29, 1.82) is 0 Å². The Balaban J connectivity index is 2.40. The van der Waals surface area contributed by atoms with Crippen molar-refractivity contribution in [3.8, 4) is 0 Å². The van der Waals surface area contributed by atoms with Gasteiger partial charge >= 0.3 is 0 Å². The topological polar surface area (TPSA) is 61.8 Å². The van der Waals surface area contributed by atoms with Crippen molar-refractivity contribution in [1.82, 2.24) is 10.3 Å². The lowest BCUT2D eigenvalue weighted by molar-refractivity contribution is -0.131. The number of halogens is 1. The first-order chi connectivity index (χ1) is 9.33. The van der Waals surface area contributed by atoms with Crippen molar-refractivity contribution in [3.63, 3.8) is 0 Å². The summed E-state index contributed by atoms with van der Waals surface area (Å²) in [7, 11) is 0. The molecule has 1 aromatic carbocycles. The fourth-order valence-electron chi connectivity index (χ4n) is 1.97. The van der Waals surface area contributed by atoms with Gasteiger partial charge in [-0.05, 0) is 24.6 Å². The van der Waals surface area contributed by atoms with Gasteiger partial charge in [0.25, 0.3) is 0 Å². The lowest BCUT2D eigenvalue weighted by atomic mass is 10.1. The molecule has 0 saturated heterocycles. The van der Waals surface area contributed by atoms with Gasteiger partial charge in [0.2, 0.25) is 11.8 Å². The normalized spacial score (nSPS) is 21.6. The van der Waals surface area contributed by atoms with E-state index in [9.17, 15) is 9.59 Å². The Morgan fingerprint density at radius 2 is 2.10 bits per heavy atom. The zero-order valence-corrected chi connectivity index (χ0v) is 13.7. The predicted molar refractivity (Wildman–Crippen MR) is 82.9 cm³/mol. The average Bonchev–Trinajstić information content (AvgIpc) is 2.67. The zero-order valence-electron chi connectivity index (χ0n) is 11.3. The van der Waals surface area contributed by atoms with Crippen LogP contribution in [0.15, 0.2) is 33.8 Å². The Labute approximate surface area is 129 Å². The molecule has 0 fully saturated rings. The molecule has 106 valence electrons. The molecule has 1 unspecified atom stereocenters. The Morgan fingerprint density at radius 1 is 1.40 bits per heavy atom. The molecule has 1 aliphatic heterocycles. The number of benzene rings is 1. The van der Waals surface area contributed by atoms with Gasteiger partial charge in [-0.1, -0.05) is 39.8 Å². The van der Waals surface area contributed by atoms with Crippen molar-refractivity contribution >= 4 is 44.7 Å². The SMILES string of the molecule is CC(=O)NC1=NN(C(C)=O)C(C)(c2cccc(Br)c2)S1. The molecule has 1 atom stereocenters. The highest BCUT2D eigenvalue weighted by Gasteiger charge is 2.43. The van der Waals surface area contributed by atoms with Gasteiger partial charge in [0.15, 0.2) is 5.17 Å². The molecule has 5 nitrogen and oxygen atoms in total. The third-order valence-electron chi connectivity index (χ3n) is 2.83. The maximum atomic E-state index is 11.8. The minimum atomic E-state index is -0.673. The molecular weight excluding hydrogens is 342 g/mol.